The van der Waals surface area contributed by atoms with Crippen molar-refractivity contribution in [2.45, 2.75) is 4.90 Å². The molecule has 0 atom stereocenters. The summed E-state index contributed by atoms with van der Waals surface area (Å²) in [5, 5.41) is 10.6. The number of tetrazole rings is 1. The molecule has 0 amide bonds. The van der Waals surface area contributed by atoms with Gasteiger partial charge < -0.3 is 5.73 Å². The van der Waals surface area contributed by atoms with Gasteiger partial charge in [0.25, 0.3) is 0 Å². The molecule has 4 N–H and O–H groups in total. The van der Waals surface area contributed by atoms with E-state index in [1.807, 2.05) is 0 Å². The molecule has 0 spiro atoms. The highest BCUT2D eigenvalue weighted by molar-refractivity contribution is 7.89. The SMILES string of the molecule is CNS(=O)(=O)c1ccc(N)c(-c2n[nH][n+](C)n2)c1. The lowest BCUT2D eigenvalue weighted by molar-refractivity contribution is -0.783. The third-order valence-corrected chi connectivity index (χ3v) is 3.80. The molecule has 8 nitrogen and oxygen atoms in total. The fourth-order valence-corrected chi connectivity index (χ4v) is 2.19. The van der Waals surface area contributed by atoms with Crippen molar-refractivity contribution >= 4 is 15.7 Å². The van der Waals surface area contributed by atoms with E-state index in [1.54, 1.807) is 7.05 Å². The number of nitrogen functional groups attached to an aromatic ring is 1. The van der Waals surface area contributed by atoms with Gasteiger partial charge in [-0.3, -0.25) is 0 Å². The first-order chi connectivity index (χ1) is 8.44. The smallest absolute Gasteiger partial charge is 0.340 e. The molecule has 2 rings (SSSR count). The average Bonchev–Trinajstić information content (AvgIpc) is 2.76. The Labute approximate surface area is 104 Å². The van der Waals surface area contributed by atoms with Crippen LogP contribution in [-0.2, 0) is 17.1 Å². The lowest BCUT2D eigenvalue weighted by Crippen LogP contribution is -2.33. The number of nitrogens with zero attached hydrogens (tertiary/aromatic N) is 3. The third-order valence-electron chi connectivity index (χ3n) is 2.39. The van der Waals surface area contributed by atoms with Gasteiger partial charge in [-0.25, -0.2) is 13.1 Å². The van der Waals surface area contributed by atoms with Crippen LogP contribution in [0.2, 0.25) is 0 Å². The van der Waals surface area contributed by atoms with E-state index in [2.05, 4.69) is 20.1 Å². The second-order valence-corrected chi connectivity index (χ2v) is 5.50. The van der Waals surface area contributed by atoms with Gasteiger partial charge in [0.15, 0.2) is 0 Å². The second kappa shape index (κ2) is 4.35. The number of hydrogen-bond donors (Lipinski definition) is 3. The van der Waals surface area contributed by atoms with Gasteiger partial charge in [-0.15, -0.1) is 0 Å². The summed E-state index contributed by atoms with van der Waals surface area (Å²) in [6.07, 6.45) is 0. The maximum Gasteiger partial charge on any atom is 0.340 e. The lowest BCUT2D eigenvalue weighted by Gasteiger charge is -2.04. The van der Waals surface area contributed by atoms with E-state index in [4.69, 9.17) is 5.73 Å². The molecule has 1 aromatic heterocycles. The average molecular weight is 269 g/mol. The fraction of sp³-hybridized carbons (Fsp3) is 0.222. The van der Waals surface area contributed by atoms with E-state index >= 15 is 0 Å². The van der Waals surface area contributed by atoms with Crippen LogP contribution in [0.4, 0.5) is 5.69 Å². The molecule has 0 bridgehead atoms. The Morgan fingerprint density at radius 3 is 2.72 bits per heavy atom. The van der Waals surface area contributed by atoms with E-state index in [9.17, 15) is 8.42 Å². The summed E-state index contributed by atoms with van der Waals surface area (Å²) in [7, 11) is -0.504. The standard InChI is InChI=1S/C9H12N6O2S/c1-11-18(16,17)6-3-4-8(10)7(5-6)9-12-14-15(2)13-9/h3-5,11H,1-2H3,(H2,10,13)/p+1. The van der Waals surface area contributed by atoms with E-state index in [0.29, 0.717) is 17.1 Å². The molecule has 18 heavy (non-hydrogen) atoms. The number of sulfonamides is 1. The van der Waals surface area contributed by atoms with Crippen LogP contribution >= 0.6 is 0 Å². The van der Waals surface area contributed by atoms with Crippen molar-refractivity contribution in [2.24, 2.45) is 7.05 Å². The Balaban J connectivity index is 2.59. The molecule has 0 saturated carbocycles. The minimum Gasteiger partial charge on any atom is -0.398 e. The van der Waals surface area contributed by atoms with E-state index in [1.165, 1.54) is 30.0 Å². The van der Waals surface area contributed by atoms with Gasteiger partial charge in [-0.1, -0.05) is 4.80 Å². The normalized spacial score (nSPS) is 11.7. The predicted molar refractivity (Wildman–Crippen MR) is 63.7 cm³/mol. The number of aromatic amines is 1. The Kier molecular flexibility index (Phi) is 3.01. The van der Waals surface area contributed by atoms with Crippen molar-refractivity contribution in [3.63, 3.8) is 0 Å². The second-order valence-electron chi connectivity index (χ2n) is 3.62. The van der Waals surface area contributed by atoms with Gasteiger partial charge in [0.2, 0.25) is 10.0 Å². The van der Waals surface area contributed by atoms with Crippen molar-refractivity contribution in [1.82, 2.24) is 20.1 Å². The highest BCUT2D eigenvalue weighted by atomic mass is 32.2. The number of anilines is 1. The van der Waals surface area contributed by atoms with Crippen LogP contribution in [0.1, 0.15) is 0 Å². The number of benzene rings is 1. The van der Waals surface area contributed by atoms with Gasteiger partial charge in [0.05, 0.1) is 15.6 Å². The Morgan fingerprint density at radius 1 is 1.44 bits per heavy atom. The Bertz CT molecular complexity index is 678. The molecular formula is C9H13N6O2S+. The zero-order chi connectivity index (χ0) is 13.3. The van der Waals surface area contributed by atoms with Crippen LogP contribution < -0.4 is 15.3 Å². The first kappa shape index (κ1) is 12.5. The van der Waals surface area contributed by atoms with Gasteiger partial charge >= 0.3 is 5.82 Å². The van der Waals surface area contributed by atoms with Crippen molar-refractivity contribution < 1.29 is 13.2 Å². The number of nitrogens with two attached hydrogens (primary N) is 1. The quantitative estimate of drug-likeness (QED) is 0.477. The van der Waals surface area contributed by atoms with Gasteiger partial charge in [0, 0.05) is 5.69 Å². The van der Waals surface area contributed by atoms with Crippen LogP contribution in [0, 0.1) is 0 Å². The molecule has 0 radical (unpaired) electrons. The maximum absolute atomic E-state index is 11.7. The van der Waals surface area contributed by atoms with E-state index in [-0.39, 0.29) is 4.90 Å². The molecule has 0 aliphatic rings. The molecule has 0 unspecified atom stereocenters. The Hall–Kier alpha value is -2.00. The molecule has 9 heteroatoms. The van der Waals surface area contributed by atoms with E-state index < -0.39 is 10.0 Å². The number of aromatic nitrogens is 4. The molecule has 96 valence electrons. The molecule has 0 fully saturated rings. The minimum absolute atomic E-state index is 0.113. The van der Waals surface area contributed by atoms with Crippen LogP contribution in [0.5, 0.6) is 0 Å². The molecule has 0 aliphatic heterocycles. The van der Waals surface area contributed by atoms with Crippen molar-refractivity contribution in [1.29, 1.82) is 0 Å². The molecule has 1 aromatic carbocycles. The number of hydrogen-bond acceptors (Lipinski definition) is 5. The predicted octanol–water partition coefficient (Wildman–Crippen LogP) is -1.21. The van der Waals surface area contributed by atoms with Crippen molar-refractivity contribution in [3.05, 3.63) is 18.2 Å². The zero-order valence-electron chi connectivity index (χ0n) is 9.88. The summed E-state index contributed by atoms with van der Waals surface area (Å²) in [6.45, 7) is 0. The van der Waals surface area contributed by atoms with Gasteiger partial charge in [-0.05, 0) is 35.6 Å². The third kappa shape index (κ3) is 2.17. The molecular weight excluding hydrogens is 256 g/mol. The summed E-state index contributed by atoms with van der Waals surface area (Å²) in [5.74, 6) is 0.336. The first-order valence-corrected chi connectivity index (χ1v) is 6.54. The van der Waals surface area contributed by atoms with Gasteiger partial charge in [0.1, 0.15) is 7.05 Å². The summed E-state index contributed by atoms with van der Waals surface area (Å²) < 4.78 is 25.6. The monoisotopic (exact) mass is 269 g/mol. The van der Waals surface area contributed by atoms with Crippen molar-refractivity contribution in [2.75, 3.05) is 12.8 Å². The van der Waals surface area contributed by atoms with Crippen LogP contribution in [-0.4, -0.2) is 30.9 Å². The van der Waals surface area contributed by atoms with Crippen LogP contribution in [0.3, 0.4) is 0 Å². The molecule has 1 heterocycles. The number of rotatable bonds is 3. The maximum atomic E-state index is 11.7. The van der Waals surface area contributed by atoms with Crippen LogP contribution in [0.15, 0.2) is 23.1 Å². The summed E-state index contributed by atoms with van der Waals surface area (Å²) in [4.78, 5) is 1.51. The number of H-pyrrole nitrogens is 1. The Morgan fingerprint density at radius 2 is 2.17 bits per heavy atom. The number of aryl methyl sites for hydroxylation is 1. The molecule has 0 saturated heterocycles. The largest absolute Gasteiger partial charge is 0.398 e. The van der Waals surface area contributed by atoms with Crippen molar-refractivity contribution in [3.8, 4) is 11.4 Å². The fourth-order valence-electron chi connectivity index (χ4n) is 1.43. The topological polar surface area (TPSA) is 118 Å². The highest BCUT2D eigenvalue weighted by Crippen LogP contribution is 2.24. The summed E-state index contributed by atoms with van der Waals surface area (Å²) in [5.41, 5.74) is 6.67. The zero-order valence-corrected chi connectivity index (χ0v) is 10.7. The minimum atomic E-state index is -3.52. The molecule has 0 aliphatic carbocycles. The number of nitrogens with one attached hydrogen (secondary N) is 2. The summed E-state index contributed by atoms with van der Waals surface area (Å²) >= 11 is 0. The lowest BCUT2D eigenvalue weighted by atomic mass is 10.2. The molecule has 2 aromatic rings. The van der Waals surface area contributed by atoms with Gasteiger partial charge in [-0.2, -0.15) is 0 Å². The summed E-state index contributed by atoms with van der Waals surface area (Å²) in [6, 6.07) is 4.37. The van der Waals surface area contributed by atoms with Crippen LogP contribution in [0.25, 0.3) is 11.4 Å². The highest BCUT2D eigenvalue weighted by Gasteiger charge is 2.19. The van der Waals surface area contributed by atoms with E-state index in [0.717, 1.165) is 0 Å². The first-order valence-electron chi connectivity index (χ1n) is 5.06.